The van der Waals surface area contributed by atoms with Gasteiger partial charge in [-0.1, -0.05) is 30.3 Å². The Morgan fingerprint density at radius 2 is 1.49 bits per heavy atom. The highest BCUT2D eigenvalue weighted by Gasteiger charge is 2.49. The first-order valence-corrected chi connectivity index (χ1v) is 11.1. The van der Waals surface area contributed by atoms with E-state index in [4.69, 9.17) is 19.8 Å². The van der Waals surface area contributed by atoms with Crippen molar-refractivity contribution in [3.63, 3.8) is 0 Å². The fourth-order valence-electron chi connectivity index (χ4n) is 4.63. The molecule has 14 heteroatoms. The Hall–Kier alpha value is -3.13. The van der Waals surface area contributed by atoms with E-state index in [-0.39, 0.29) is 0 Å². The third-order valence-electron chi connectivity index (χ3n) is 6.38. The largest absolute Gasteiger partial charge is 0.490 e. The highest BCUT2D eigenvalue weighted by molar-refractivity contribution is 5.73. The maximum absolute atomic E-state index is 10.6. The van der Waals surface area contributed by atoms with Crippen molar-refractivity contribution in [3.05, 3.63) is 53.9 Å². The zero-order chi connectivity index (χ0) is 28.0. The van der Waals surface area contributed by atoms with Gasteiger partial charge in [0.1, 0.15) is 0 Å². The number of carboxylic acids is 2. The Bertz CT molecular complexity index is 1020. The molecule has 2 fully saturated rings. The van der Waals surface area contributed by atoms with Crippen LogP contribution in [0.2, 0.25) is 0 Å². The number of aromatic nitrogens is 2. The average Bonchev–Trinajstić information content (AvgIpc) is 3.37. The van der Waals surface area contributed by atoms with Crippen LogP contribution >= 0.6 is 0 Å². The number of rotatable bonds is 3. The number of nitrogens with zero attached hydrogens (tertiary/aromatic N) is 4. The van der Waals surface area contributed by atoms with Gasteiger partial charge in [-0.05, 0) is 38.5 Å². The van der Waals surface area contributed by atoms with Crippen molar-refractivity contribution in [2.24, 2.45) is 7.05 Å². The highest BCUT2D eigenvalue weighted by Crippen LogP contribution is 2.45. The molecular formula is C23H28F6N4O4. The van der Waals surface area contributed by atoms with Gasteiger partial charge in [-0.25, -0.2) is 9.59 Å². The first kappa shape index (κ1) is 30.1. The number of aliphatic carboxylic acids is 2. The smallest absolute Gasteiger partial charge is 0.475 e. The number of carbonyl (C=O) groups is 2. The van der Waals surface area contributed by atoms with Gasteiger partial charge < -0.3 is 15.1 Å². The Morgan fingerprint density at radius 1 is 0.973 bits per heavy atom. The van der Waals surface area contributed by atoms with Crippen molar-refractivity contribution >= 4 is 11.9 Å². The molecule has 0 spiro atoms. The van der Waals surface area contributed by atoms with Crippen LogP contribution in [0.15, 0.2) is 42.7 Å². The van der Waals surface area contributed by atoms with Crippen molar-refractivity contribution in [3.8, 4) is 0 Å². The van der Waals surface area contributed by atoms with Crippen molar-refractivity contribution in [2.45, 2.75) is 43.2 Å². The lowest BCUT2D eigenvalue weighted by Crippen LogP contribution is -2.54. The van der Waals surface area contributed by atoms with Crippen molar-refractivity contribution in [2.75, 3.05) is 26.7 Å². The normalized spacial score (nSPS) is 22.2. The maximum atomic E-state index is 10.6. The number of benzene rings is 1. The Morgan fingerprint density at radius 3 is 1.95 bits per heavy atom. The number of hydrogen-bond donors (Lipinski definition) is 2. The molecule has 0 amide bonds. The first-order valence-electron chi connectivity index (χ1n) is 11.1. The zero-order valence-corrected chi connectivity index (χ0v) is 20.1. The molecule has 2 N–H and O–H groups in total. The monoisotopic (exact) mass is 538 g/mol. The van der Waals surface area contributed by atoms with E-state index in [1.807, 2.05) is 17.9 Å². The van der Waals surface area contributed by atoms with Gasteiger partial charge in [0, 0.05) is 43.4 Å². The molecule has 2 aromatic rings. The molecule has 206 valence electrons. The number of aryl methyl sites for hydroxylation is 1. The van der Waals surface area contributed by atoms with Crippen LogP contribution in [0.3, 0.4) is 0 Å². The van der Waals surface area contributed by atoms with E-state index < -0.39 is 24.3 Å². The first-order chi connectivity index (χ1) is 17.1. The van der Waals surface area contributed by atoms with Crippen LogP contribution in [0.5, 0.6) is 0 Å². The predicted octanol–water partition coefficient (Wildman–Crippen LogP) is 3.53. The molecule has 4 rings (SSSR count). The molecule has 0 aliphatic carbocycles. The molecular weight excluding hydrogens is 510 g/mol. The predicted molar refractivity (Wildman–Crippen MR) is 120 cm³/mol. The lowest BCUT2D eigenvalue weighted by atomic mass is 9.69. The van der Waals surface area contributed by atoms with Gasteiger partial charge in [0.2, 0.25) is 0 Å². The van der Waals surface area contributed by atoms with Gasteiger partial charge in [-0.15, -0.1) is 0 Å². The second-order valence-electron chi connectivity index (χ2n) is 8.88. The number of alkyl halides is 6. The van der Waals surface area contributed by atoms with E-state index in [1.54, 1.807) is 0 Å². The summed E-state index contributed by atoms with van der Waals surface area (Å²) < 4.78 is 65.4. The summed E-state index contributed by atoms with van der Waals surface area (Å²) in [5.74, 6) is -5.51. The summed E-state index contributed by atoms with van der Waals surface area (Å²) in [7, 11) is 4.29. The Balaban J connectivity index is 0.000000286. The molecule has 0 saturated carbocycles. The zero-order valence-electron chi connectivity index (χ0n) is 20.1. The molecule has 2 unspecified atom stereocenters. The summed E-state index contributed by atoms with van der Waals surface area (Å²) in [5, 5.41) is 18.6. The van der Waals surface area contributed by atoms with Crippen LogP contribution in [-0.4, -0.2) is 86.8 Å². The minimum absolute atomic E-state index is 0.349. The summed E-state index contributed by atoms with van der Waals surface area (Å²) in [4.78, 5) is 23.0. The van der Waals surface area contributed by atoms with Crippen molar-refractivity contribution < 1.29 is 46.1 Å². The number of hydrogen-bond acceptors (Lipinski definition) is 5. The van der Waals surface area contributed by atoms with E-state index >= 15 is 0 Å². The lowest BCUT2D eigenvalue weighted by molar-refractivity contribution is -0.193. The molecule has 1 aromatic carbocycles. The van der Waals surface area contributed by atoms with Crippen LogP contribution < -0.4 is 0 Å². The fraction of sp³-hybridized carbons (Fsp3) is 0.522. The van der Waals surface area contributed by atoms with E-state index in [2.05, 4.69) is 58.5 Å². The lowest BCUT2D eigenvalue weighted by Gasteiger charge is -2.46. The summed E-state index contributed by atoms with van der Waals surface area (Å²) in [5.41, 5.74) is 3.21. The number of piperidine rings is 1. The Labute approximate surface area is 209 Å². The average molecular weight is 538 g/mol. The molecule has 2 atom stereocenters. The number of likely N-dealkylation sites (N-methyl/N-ethyl adjacent to an activating group) is 1. The topological polar surface area (TPSA) is 98.9 Å². The number of fused-ring (bicyclic) bond motifs is 1. The Kier molecular flexibility index (Phi) is 9.72. The number of halogens is 6. The second kappa shape index (κ2) is 11.9. The van der Waals surface area contributed by atoms with Crippen molar-refractivity contribution in [1.82, 2.24) is 19.6 Å². The van der Waals surface area contributed by atoms with Crippen LogP contribution in [-0.2, 0) is 28.6 Å². The maximum Gasteiger partial charge on any atom is 0.490 e. The van der Waals surface area contributed by atoms with Crippen LogP contribution in [0, 0.1) is 0 Å². The van der Waals surface area contributed by atoms with Crippen LogP contribution in [0.1, 0.15) is 24.0 Å². The minimum Gasteiger partial charge on any atom is -0.475 e. The number of likely N-dealkylation sites (tertiary alicyclic amines) is 2. The molecule has 2 aliphatic heterocycles. The molecule has 8 nitrogen and oxygen atoms in total. The van der Waals surface area contributed by atoms with Gasteiger partial charge in [0.25, 0.3) is 0 Å². The highest BCUT2D eigenvalue weighted by atomic mass is 19.4. The summed E-state index contributed by atoms with van der Waals surface area (Å²) in [6.45, 7) is 4.55. The van der Waals surface area contributed by atoms with E-state index in [1.165, 1.54) is 37.1 Å². The SMILES string of the molecule is CN1CCC2(c3ccccc3)CCN(Cc3cnn(C)c3)CC12.O=C(O)C(F)(F)F.O=C(O)C(F)(F)F. The molecule has 2 saturated heterocycles. The van der Waals surface area contributed by atoms with Gasteiger partial charge in [0.15, 0.2) is 0 Å². The van der Waals surface area contributed by atoms with E-state index in [0.29, 0.717) is 11.5 Å². The third-order valence-corrected chi connectivity index (χ3v) is 6.38. The molecule has 37 heavy (non-hydrogen) atoms. The van der Waals surface area contributed by atoms with E-state index in [9.17, 15) is 26.3 Å². The van der Waals surface area contributed by atoms with Gasteiger partial charge >= 0.3 is 24.3 Å². The van der Waals surface area contributed by atoms with Crippen LogP contribution in [0.25, 0.3) is 0 Å². The molecule has 2 aliphatic rings. The summed E-state index contributed by atoms with van der Waals surface area (Å²) in [6.07, 6.45) is -3.49. The van der Waals surface area contributed by atoms with Gasteiger partial charge in [-0.2, -0.15) is 31.4 Å². The molecule has 0 bridgehead atoms. The van der Waals surface area contributed by atoms with Gasteiger partial charge in [-0.3, -0.25) is 9.58 Å². The molecule has 3 heterocycles. The molecule has 1 aromatic heterocycles. The molecule has 0 radical (unpaired) electrons. The minimum atomic E-state index is -5.08. The van der Waals surface area contributed by atoms with Crippen LogP contribution in [0.4, 0.5) is 26.3 Å². The van der Waals surface area contributed by atoms with Crippen molar-refractivity contribution in [1.29, 1.82) is 0 Å². The summed E-state index contributed by atoms with van der Waals surface area (Å²) >= 11 is 0. The third kappa shape index (κ3) is 8.18. The quantitative estimate of drug-likeness (QED) is 0.577. The second-order valence-corrected chi connectivity index (χ2v) is 8.88. The van der Waals surface area contributed by atoms with E-state index in [0.717, 1.165) is 13.1 Å². The summed E-state index contributed by atoms with van der Waals surface area (Å²) in [6, 6.07) is 11.8. The number of carboxylic acid groups (broad SMARTS) is 2. The fourth-order valence-corrected chi connectivity index (χ4v) is 4.63. The standard InChI is InChI=1S/C19H26N4.2C2HF3O2/c1-21-10-8-19(17-6-4-3-5-7-17)9-11-23(15-18(19)21)14-16-12-20-22(2)13-16;2*3-2(4,5)1(6)7/h3-7,12-13,18H,8-11,14-15H2,1-2H3;2*(H,6,7). The van der Waals surface area contributed by atoms with Gasteiger partial charge in [0.05, 0.1) is 6.20 Å².